The molecule has 156 valence electrons. The molecule has 2 aromatic rings. The van der Waals surface area contributed by atoms with Crippen LogP contribution in [0.1, 0.15) is 11.1 Å². The lowest BCUT2D eigenvalue weighted by molar-refractivity contribution is -0.384. The fourth-order valence-electron chi connectivity index (χ4n) is 2.89. The van der Waals surface area contributed by atoms with Gasteiger partial charge < -0.3 is 23.7 Å². The van der Waals surface area contributed by atoms with Crippen molar-refractivity contribution in [2.45, 2.75) is 0 Å². The number of nitro benzene ring substituents is 1. The quantitative estimate of drug-likeness (QED) is 0.294. The summed E-state index contributed by atoms with van der Waals surface area (Å²) < 4.78 is 26.4. The molecule has 0 fully saturated rings. The van der Waals surface area contributed by atoms with E-state index in [1.165, 1.54) is 52.7 Å². The molecule has 3 rings (SSSR count). The van der Waals surface area contributed by atoms with Crippen LogP contribution < -0.4 is 18.9 Å². The van der Waals surface area contributed by atoms with Crippen LogP contribution in [0.5, 0.6) is 23.0 Å². The molecule has 0 spiro atoms. The number of benzene rings is 2. The van der Waals surface area contributed by atoms with Crippen molar-refractivity contribution in [2.24, 2.45) is 4.99 Å². The molecular formula is C20H18N2O8. The summed E-state index contributed by atoms with van der Waals surface area (Å²) in [5, 5.41) is 11.1. The Morgan fingerprint density at radius 2 is 1.63 bits per heavy atom. The number of hydrogen-bond donors (Lipinski definition) is 0. The van der Waals surface area contributed by atoms with Crippen LogP contribution >= 0.6 is 0 Å². The first-order chi connectivity index (χ1) is 14.4. The minimum Gasteiger partial charge on any atom is -0.496 e. The minimum absolute atomic E-state index is 0.0240. The van der Waals surface area contributed by atoms with Gasteiger partial charge in [0, 0.05) is 17.7 Å². The Balaban J connectivity index is 2.08. The van der Waals surface area contributed by atoms with Gasteiger partial charge in [0.05, 0.1) is 38.9 Å². The summed E-state index contributed by atoms with van der Waals surface area (Å²) in [6, 6.07) is 7.24. The molecule has 1 aliphatic heterocycles. The predicted octanol–water partition coefficient (Wildman–Crippen LogP) is 2.97. The molecule has 0 amide bonds. The number of cyclic esters (lactones) is 1. The van der Waals surface area contributed by atoms with Gasteiger partial charge >= 0.3 is 5.97 Å². The molecule has 0 bridgehead atoms. The second-order valence-corrected chi connectivity index (χ2v) is 5.90. The summed E-state index contributed by atoms with van der Waals surface area (Å²) >= 11 is 0. The Hall–Kier alpha value is -4.08. The highest BCUT2D eigenvalue weighted by Crippen LogP contribution is 2.41. The van der Waals surface area contributed by atoms with Gasteiger partial charge in [-0.15, -0.1) is 0 Å². The topological polar surface area (TPSA) is 119 Å². The zero-order chi connectivity index (χ0) is 21.8. The average Bonchev–Trinajstić information content (AvgIpc) is 3.12. The van der Waals surface area contributed by atoms with E-state index in [0.717, 1.165) is 0 Å². The van der Waals surface area contributed by atoms with Crippen LogP contribution in [-0.2, 0) is 9.53 Å². The third kappa shape index (κ3) is 3.75. The van der Waals surface area contributed by atoms with E-state index in [1.54, 1.807) is 12.1 Å². The molecule has 0 unspecified atom stereocenters. The highest BCUT2D eigenvalue weighted by molar-refractivity contribution is 6.14. The van der Waals surface area contributed by atoms with E-state index in [-0.39, 0.29) is 28.6 Å². The number of esters is 1. The smallest absolute Gasteiger partial charge is 0.363 e. The number of nitrogens with zero attached hydrogens (tertiary/aromatic N) is 2. The van der Waals surface area contributed by atoms with Crippen molar-refractivity contribution in [3.8, 4) is 23.0 Å². The first-order valence-electron chi connectivity index (χ1n) is 8.57. The third-order valence-corrected chi connectivity index (χ3v) is 4.27. The van der Waals surface area contributed by atoms with Gasteiger partial charge in [-0.2, -0.15) is 0 Å². The Labute approximate surface area is 171 Å². The third-order valence-electron chi connectivity index (χ3n) is 4.27. The van der Waals surface area contributed by atoms with Crippen LogP contribution in [0.15, 0.2) is 41.0 Å². The average molecular weight is 414 g/mol. The lowest BCUT2D eigenvalue weighted by Gasteiger charge is -2.14. The van der Waals surface area contributed by atoms with Crippen molar-refractivity contribution < 1.29 is 33.4 Å². The van der Waals surface area contributed by atoms with E-state index in [9.17, 15) is 14.9 Å². The summed E-state index contributed by atoms with van der Waals surface area (Å²) in [7, 11) is 5.81. The number of nitro groups is 1. The number of ether oxygens (including phenoxy) is 5. The fraction of sp³-hybridized carbons (Fsp3) is 0.200. The standard InChI is InChI=1S/C20H18N2O8/c1-26-15-8-6-12(22(24)25)10-13(15)19-21-14(20(23)30-19)9-11-5-7-16(27-2)18(29-4)17(11)28-3/h5-10H,1-4H3. The molecule has 10 nitrogen and oxygen atoms in total. The molecule has 0 atom stereocenters. The monoisotopic (exact) mass is 414 g/mol. The Bertz CT molecular complexity index is 1070. The first kappa shape index (κ1) is 20.6. The molecule has 2 aromatic carbocycles. The molecule has 0 aliphatic carbocycles. The predicted molar refractivity (Wildman–Crippen MR) is 106 cm³/mol. The first-order valence-corrected chi connectivity index (χ1v) is 8.57. The van der Waals surface area contributed by atoms with Gasteiger partial charge in [-0.3, -0.25) is 10.1 Å². The number of carbonyl (C=O) groups excluding carboxylic acids is 1. The van der Waals surface area contributed by atoms with E-state index in [2.05, 4.69) is 4.99 Å². The van der Waals surface area contributed by atoms with E-state index < -0.39 is 10.9 Å². The molecule has 30 heavy (non-hydrogen) atoms. The van der Waals surface area contributed by atoms with Gasteiger partial charge in [-0.05, 0) is 24.3 Å². The van der Waals surface area contributed by atoms with Crippen LogP contribution in [0.4, 0.5) is 5.69 Å². The molecule has 1 aliphatic rings. The van der Waals surface area contributed by atoms with Crippen LogP contribution in [0, 0.1) is 10.1 Å². The normalized spacial score (nSPS) is 14.2. The molecule has 0 N–H and O–H groups in total. The second-order valence-electron chi connectivity index (χ2n) is 5.90. The number of non-ortho nitro benzene ring substituents is 1. The lowest BCUT2D eigenvalue weighted by atomic mass is 10.1. The van der Waals surface area contributed by atoms with E-state index in [4.69, 9.17) is 23.7 Å². The summed E-state index contributed by atoms with van der Waals surface area (Å²) in [4.78, 5) is 27.1. The molecule has 10 heteroatoms. The summed E-state index contributed by atoms with van der Waals surface area (Å²) in [5.74, 6) is 0.591. The molecule has 1 heterocycles. The van der Waals surface area contributed by atoms with Gasteiger partial charge in [0.25, 0.3) is 5.69 Å². The van der Waals surface area contributed by atoms with Gasteiger partial charge in [0.15, 0.2) is 17.2 Å². The molecule has 0 saturated carbocycles. The van der Waals surface area contributed by atoms with E-state index >= 15 is 0 Å². The van der Waals surface area contributed by atoms with Crippen molar-refractivity contribution in [1.29, 1.82) is 0 Å². The van der Waals surface area contributed by atoms with Crippen molar-refractivity contribution in [2.75, 3.05) is 28.4 Å². The van der Waals surface area contributed by atoms with E-state index in [1.807, 2.05) is 0 Å². The van der Waals surface area contributed by atoms with Gasteiger partial charge in [0.2, 0.25) is 11.6 Å². The highest BCUT2D eigenvalue weighted by Gasteiger charge is 2.28. The summed E-state index contributed by atoms with van der Waals surface area (Å²) in [6.45, 7) is 0. The molecule has 0 radical (unpaired) electrons. The lowest BCUT2D eigenvalue weighted by Crippen LogP contribution is -2.07. The largest absolute Gasteiger partial charge is 0.496 e. The minimum atomic E-state index is -0.726. The number of rotatable bonds is 7. The van der Waals surface area contributed by atoms with Crippen LogP contribution in [0.25, 0.3) is 6.08 Å². The van der Waals surface area contributed by atoms with Crippen LogP contribution in [-0.4, -0.2) is 45.2 Å². The SMILES string of the molecule is COc1ccc([N+](=O)[O-])cc1C1=NC(=Cc2ccc(OC)c(OC)c2OC)C(=O)O1. The van der Waals surface area contributed by atoms with Crippen molar-refractivity contribution >= 4 is 23.6 Å². The molecular weight excluding hydrogens is 396 g/mol. The zero-order valence-electron chi connectivity index (χ0n) is 16.6. The number of hydrogen-bond acceptors (Lipinski definition) is 9. The number of aliphatic imine (C=N–C) groups is 1. The Morgan fingerprint density at radius 3 is 2.23 bits per heavy atom. The van der Waals surface area contributed by atoms with Crippen LogP contribution in [0.2, 0.25) is 0 Å². The van der Waals surface area contributed by atoms with Crippen molar-refractivity contribution in [3.05, 3.63) is 57.3 Å². The molecule has 0 saturated heterocycles. The maximum Gasteiger partial charge on any atom is 0.363 e. The van der Waals surface area contributed by atoms with Gasteiger partial charge in [-0.1, -0.05) is 0 Å². The Kier molecular flexibility index (Phi) is 5.86. The second kappa shape index (κ2) is 8.52. The summed E-state index contributed by atoms with van der Waals surface area (Å²) in [5.41, 5.74) is 0.466. The van der Waals surface area contributed by atoms with Gasteiger partial charge in [0.1, 0.15) is 5.75 Å². The molecule has 0 aromatic heterocycles. The van der Waals surface area contributed by atoms with Gasteiger partial charge in [-0.25, -0.2) is 9.79 Å². The number of methoxy groups -OCH3 is 4. The summed E-state index contributed by atoms with van der Waals surface area (Å²) in [6.07, 6.45) is 1.46. The van der Waals surface area contributed by atoms with Crippen molar-refractivity contribution in [1.82, 2.24) is 0 Å². The maximum absolute atomic E-state index is 12.4. The van der Waals surface area contributed by atoms with E-state index in [0.29, 0.717) is 22.8 Å². The number of carbonyl (C=O) groups is 1. The van der Waals surface area contributed by atoms with Crippen molar-refractivity contribution in [3.63, 3.8) is 0 Å². The maximum atomic E-state index is 12.4. The zero-order valence-corrected chi connectivity index (χ0v) is 16.6. The highest BCUT2D eigenvalue weighted by atomic mass is 16.6. The van der Waals surface area contributed by atoms with Crippen LogP contribution in [0.3, 0.4) is 0 Å². The fourth-order valence-corrected chi connectivity index (χ4v) is 2.89. The Morgan fingerprint density at radius 1 is 0.967 bits per heavy atom.